The lowest BCUT2D eigenvalue weighted by atomic mass is 10.2. The number of amides is 2. The molecular formula is C19H25N4O2+. The fraction of sp³-hybridized carbons (Fsp3) is 0.316. The maximum absolute atomic E-state index is 12.5. The topological polar surface area (TPSA) is 72.4 Å². The number of quaternary nitrogens is 1. The first kappa shape index (κ1) is 17.3. The Morgan fingerprint density at radius 3 is 2.32 bits per heavy atom. The fourth-order valence-electron chi connectivity index (χ4n) is 3.03. The molecule has 3 rings (SSSR count). The quantitative estimate of drug-likeness (QED) is 0.592. The minimum atomic E-state index is -0.0765. The molecule has 2 aromatic rings. The molecule has 1 aliphatic rings. The number of rotatable bonds is 3. The third-order valence-corrected chi connectivity index (χ3v) is 4.61. The van der Waals surface area contributed by atoms with E-state index in [0.29, 0.717) is 13.1 Å². The van der Waals surface area contributed by atoms with Crippen LogP contribution >= 0.6 is 0 Å². The highest BCUT2D eigenvalue weighted by molar-refractivity contribution is 5.90. The summed E-state index contributed by atoms with van der Waals surface area (Å²) in [6, 6.07) is 13.9. The van der Waals surface area contributed by atoms with Crippen LogP contribution in [0.4, 0.5) is 21.9 Å². The molecule has 0 spiro atoms. The van der Waals surface area contributed by atoms with Crippen LogP contribution in [0.2, 0.25) is 0 Å². The monoisotopic (exact) mass is 341 g/mol. The molecule has 0 atom stereocenters. The summed E-state index contributed by atoms with van der Waals surface area (Å²) in [6.45, 7) is 7.04. The molecule has 1 saturated heterocycles. The molecule has 0 saturated carbocycles. The number of piperazine rings is 1. The van der Waals surface area contributed by atoms with Gasteiger partial charge in [-0.1, -0.05) is 17.7 Å². The van der Waals surface area contributed by atoms with Crippen molar-refractivity contribution < 1.29 is 15.5 Å². The zero-order valence-corrected chi connectivity index (χ0v) is 14.7. The van der Waals surface area contributed by atoms with Crippen LogP contribution in [0.5, 0.6) is 0 Å². The largest absolute Gasteiger partial charge is 0.368 e. The highest BCUT2D eigenvalue weighted by Crippen LogP contribution is 2.20. The standard InChI is InChI=1S/C19H24N4O2/c1-14-3-6-17(7-4-14)22-9-11-23(12-10-22)19(24)20-18-8-5-16(21-25)13-15(18)2/h3-8,13,21,25H,9-12H2,1-2H3,(H,20,24)/p+1. The van der Waals surface area contributed by atoms with Crippen molar-refractivity contribution in [1.29, 1.82) is 0 Å². The van der Waals surface area contributed by atoms with Crippen LogP contribution in [-0.4, -0.2) is 42.3 Å². The molecule has 0 bridgehead atoms. The van der Waals surface area contributed by atoms with Gasteiger partial charge < -0.3 is 15.1 Å². The summed E-state index contributed by atoms with van der Waals surface area (Å²) in [4.78, 5) is 16.7. The Bertz CT molecular complexity index is 738. The minimum absolute atomic E-state index is 0.0765. The number of hydrogen-bond acceptors (Lipinski definition) is 3. The normalized spacial score (nSPS) is 14.5. The number of benzene rings is 2. The van der Waals surface area contributed by atoms with E-state index >= 15 is 0 Å². The maximum Gasteiger partial charge on any atom is 0.321 e. The average Bonchev–Trinajstić information content (AvgIpc) is 2.64. The van der Waals surface area contributed by atoms with Crippen molar-refractivity contribution in [2.24, 2.45) is 0 Å². The maximum atomic E-state index is 12.5. The number of carbonyl (C=O) groups excluding carboxylic acids is 1. The number of anilines is 2. The van der Waals surface area contributed by atoms with Crippen LogP contribution in [-0.2, 0) is 0 Å². The Morgan fingerprint density at radius 2 is 1.72 bits per heavy atom. The van der Waals surface area contributed by atoms with Crippen LogP contribution in [0.3, 0.4) is 0 Å². The molecule has 0 aliphatic carbocycles. The van der Waals surface area contributed by atoms with Crippen molar-refractivity contribution in [1.82, 2.24) is 4.90 Å². The summed E-state index contributed by atoms with van der Waals surface area (Å²) >= 11 is 0. The number of urea groups is 1. The van der Waals surface area contributed by atoms with Gasteiger partial charge >= 0.3 is 6.03 Å². The average molecular weight is 341 g/mol. The molecule has 6 nitrogen and oxygen atoms in total. The van der Waals surface area contributed by atoms with Crippen molar-refractivity contribution in [2.45, 2.75) is 13.8 Å². The molecule has 25 heavy (non-hydrogen) atoms. The lowest BCUT2D eigenvalue weighted by molar-refractivity contribution is -0.825. The Kier molecular flexibility index (Phi) is 5.21. The van der Waals surface area contributed by atoms with Crippen LogP contribution in [0, 0.1) is 13.8 Å². The second kappa shape index (κ2) is 7.55. The second-order valence-corrected chi connectivity index (χ2v) is 6.44. The molecular weight excluding hydrogens is 316 g/mol. The Labute approximate surface area is 148 Å². The summed E-state index contributed by atoms with van der Waals surface area (Å²) in [7, 11) is 0. The van der Waals surface area contributed by atoms with E-state index in [0.717, 1.165) is 35.5 Å². The molecule has 0 radical (unpaired) electrons. The molecule has 4 N–H and O–H groups in total. The van der Waals surface area contributed by atoms with E-state index in [1.54, 1.807) is 6.07 Å². The molecule has 0 unspecified atom stereocenters. The molecule has 2 amide bonds. The molecule has 1 fully saturated rings. The summed E-state index contributed by atoms with van der Waals surface area (Å²) in [5.74, 6) is 0. The number of carbonyl (C=O) groups is 1. The summed E-state index contributed by atoms with van der Waals surface area (Å²) in [6.07, 6.45) is 0. The van der Waals surface area contributed by atoms with Crippen LogP contribution in [0.15, 0.2) is 42.5 Å². The number of nitrogens with one attached hydrogen (secondary N) is 1. The van der Waals surface area contributed by atoms with Gasteiger partial charge in [-0.3, -0.25) is 0 Å². The highest BCUT2D eigenvalue weighted by atomic mass is 16.5. The van der Waals surface area contributed by atoms with Gasteiger partial charge in [0.2, 0.25) is 0 Å². The van der Waals surface area contributed by atoms with Crippen molar-refractivity contribution in [2.75, 3.05) is 36.4 Å². The Hall–Kier alpha value is -2.57. The fourth-order valence-corrected chi connectivity index (χ4v) is 3.03. The van der Waals surface area contributed by atoms with E-state index in [9.17, 15) is 4.79 Å². The summed E-state index contributed by atoms with van der Waals surface area (Å²) in [5.41, 5.74) is 5.94. The zero-order chi connectivity index (χ0) is 17.8. The third kappa shape index (κ3) is 4.10. The number of hydrogen-bond donors (Lipinski definition) is 3. The van der Waals surface area contributed by atoms with Gasteiger partial charge in [-0.25, -0.2) is 10.0 Å². The second-order valence-electron chi connectivity index (χ2n) is 6.44. The van der Waals surface area contributed by atoms with Gasteiger partial charge in [0, 0.05) is 49.7 Å². The van der Waals surface area contributed by atoms with Gasteiger partial charge in [-0.2, -0.15) is 5.48 Å². The number of nitrogens with two attached hydrogens (primary N) is 1. The molecule has 1 aliphatic heterocycles. The first-order valence-corrected chi connectivity index (χ1v) is 8.52. The smallest absolute Gasteiger partial charge is 0.321 e. The van der Waals surface area contributed by atoms with Gasteiger partial charge in [-0.05, 0) is 37.6 Å². The highest BCUT2D eigenvalue weighted by Gasteiger charge is 2.21. The molecule has 6 heteroatoms. The van der Waals surface area contributed by atoms with E-state index in [-0.39, 0.29) is 6.03 Å². The van der Waals surface area contributed by atoms with E-state index in [2.05, 4.69) is 41.4 Å². The van der Waals surface area contributed by atoms with E-state index in [1.807, 2.05) is 24.0 Å². The van der Waals surface area contributed by atoms with Gasteiger partial charge in [-0.15, -0.1) is 0 Å². The lowest BCUT2D eigenvalue weighted by Gasteiger charge is -2.36. The third-order valence-electron chi connectivity index (χ3n) is 4.61. The SMILES string of the molecule is Cc1ccc(N2CCN(C(=O)Nc3ccc([NH2+]O)cc3C)CC2)cc1. The van der Waals surface area contributed by atoms with E-state index in [1.165, 1.54) is 11.3 Å². The Balaban J connectivity index is 1.57. The van der Waals surface area contributed by atoms with E-state index in [4.69, 9.17) is 5.21 Å². The van der Waals surface area contributed by atoms with Crippen molar-refractivity contribution in [3.05, 3.63) is 53.6 Å². The van der Waals surface area contributed by atoms with Crippen LogP contribution in [0.25, 0.3) is 0 Å². The van der Waals surface area contributed by atoms with Crippen molar-refractivity contribution >= 4 is 23.1 Å². The molecule has 2 aromatic carbocycles. The van der Waals surface area contributed by atoms with Gasteiger partial charge in [0.25, 0.3) is 0 Å². The van der Waals surface area contributed by atoms with Crippen molar-refractivity contribution in [3.63, 3.8) is 0 Å². The first-order valence-electron chi connectivity index (χ1n) is 8.52. The van der Waals surface area contributed by atoms with Crippen molar-refractivity contribution in [3.8, 4) is 0 Å². The van der Waals surface area contributed by atoms with Crippen LogP contribution in [0.1, 0.15) is 11.1 Å². The first-order chi connectivity index (χ1) is 12.1. The van der Waals surface area contributed by atoms with Crippen LogP contribution < -0.4 is 15.7 Å². The van der Waals surface area contributed by atoms with Gasteiger partial charge in [0.15, 0.2) is 5.69 Å². The predicted molar refractivity (Wildman–Crippen MR) is 98.5 cm³/mol. The van der Waals surface area contributed by atoms with Gasteiger partial charge in [0.1, 0.15) is 0 Å². The number of nitrogens with zero attached hydrogens (tertiary/aromatic N) is 2. The predicted octanol–water partition coefficient (Wildman–Crippen LogP) is 2.24. The molecule has 132 valence electrons. The lowest BCUT2D eigenvalue weighted by Crippen LogP contribution is -2.73. The zero-order valence-electron chi connectivity index (χ0n) is 14.7. The summed E-state index contributed by atoms with van der Waals surface area (Å²) in [5, 5.41) is 12.0. The molecule has 0 aromatic heterocycles. The van der Waals surface area contributed by atoms with Gasteiger partial charge in [0.05, 0.1) is 0 Å². The van der Waals surface area contributed by atoms with E-state index < -0.39 is 0 Å². The minimum Gasteiger partial charge on any atom is -0.368 e. The summed E-state index contributed by atoms with van der Waals surface area (Å²) < 4.78 is 0. The number of aryl methyl sites for hydroxylation is 2. The Morgan fingerprint density at radius 1 is 1.04 bits per heavy atom. The molecule has 1 heterocycles.